The second-order valence-electron chi connectivity index (χ2n) is 5.67. The van der Waals surface area contributed by atoms with E-state index in [1.54, 1.807) is 6.07 Å². The Bertz CT molecular complexity index is 397. The van der Waals surface area contributed by atoms with Gasteiger partial charge in [-0.15, -0.1) is 0 Å². The van der Waals surface area contributed by atoms with Crippen LogP contribution in [0, 0.1) is 0 Å². The fraction of sp³-hybridized carbons (Fsp3) is 0.786. The van der Waals surface area contributed by atoms with Crippen LogP contribution < -0.4 is 5.73 Å². The van der Waals surface area contributed by atoms with E-state index in [1.165, 1.54) is 6.42 Å². The Morgan fingerprint density at radius 3 is 2.84 bits per heavy atom. The van der Waals surface area contributed by atoms with Crippen LogP contribution in [0.2, 0.25) is 0 Å². The predicted molar refractivity (Wildman–Crippen MR) is 72.7 cm³/mol. The summed E-state index contributed by atoms with van der Waals surface area (Å²) in [5.74, 6) is 0.340. The fourth-order valence-corrected chi connectivity index (χ4v) is 2.54. The zero-order chi connectivity index (χ0) is 13.9. The lowest BCUT2D eigenvalue weighted by Gasteiger charge is -2.35. The molecule has 108 valence electrons. The largest absolute Gasteiger partial charge is 0.368 e. The van der Waals surface area contributed by atoms with Crippen LogP contribution >= 0.6 is 0 Å². The maximum absolute atomic E-state index is 6.12. The van der Waals surface area contributed by atoms with Crippen LogP contribution in [0.3, 0.4) is 0 Å². The molecule has 0 spiro atoms. The molecule has 0 radical (unpaired) electrons. The quantitative estimate of drug-likeness (QED) is 0.889. The van der Waals surface area contributed by atoms with Crippen LogP contribution in [-0.4, -0.2) is 24.2 Å². The van der Waals surface area contributed by atoms with E-state index >= 15 is 0 Å². The first-order valence-electron chi connectivity index (χ1n) is 7.03. The monoisotopic (exact) mass is 268 g/mol. The highest BCUT2D eigenvalue weighted by Crippen LogP contribution is 2.33. The summed E-state index contributed by atoms with van der Waals surface area (Å²) in [6.45, 7) is 7.10. The van der Waals surface area contributed by atoms with Crippen molar-refractivity contribution >= 4 is 5.88 Å². The van der Waals surface area contributed by atoms with Gasteiger partial charge in [0.05, 0.1) is 11.8 Å². The second-order valence-corrected chi connectivity index (χ2v) is 5.67. The molecule has 1 fully saturated rings. The first-order valence-corrected chi connectivity index (χ1v) is 7.03. The molecule has 2 atom stereocenters. The van der Waals surface area contributed by atoms with Gasteiger partial charge in [0.15, 0.2) is 6.29 Å². The Kier molecular flexibility index (Phi) is 4.47. The van der Waals surface area contributed by atoms with E-state index in [0.29, 0.717) is 5.88 Å². The van der Waals surface area contributed by atoms with Gasteiger partial charge in [-0.05, 0) is 25.7 Å². The van der Waals surface area contributed by atoms with Gasteiger partial charge in [-0.25, -0.2) is 0 Å². The molecular weight excluding hydrogens is 244 g/mol. The van der Waals surface area contributed by atoms with Crippen LogP contribution in [0.25, 0.3) is 0 Å². The van der Waals surface area contributed by atoms with E-state index in [-0.39, 0.29) is 17.8 Å². The van der Waals surface area contributed by atoms with Crippen LogP contribution in [0.15, 0.2) is 10.6 Å². The van der Waals surface area contributed by atoms with E-state index in [9.17, 15) is 0 Å². The summed E-state index contributed by atoms with van der Waals surface area (Å²) in [5.41, 5.74) is 6.18. The number of ether oxygens (including phenoxy) is 2. The summed E-state index contributed by atoms with van der Waals surface area (Å²) >= 11 is 0. The number of rotatable bonds is 5. The van der Waals surface area contributed by atoms with Gasteiger partial charge >= 0.3 is 0 Å². The van der Waals surface area contributed by atoms with Crippen LogP contribution in [0.4, 0.5) is 5.88 Å². The molecule has 19 heavy (non-hydrogen) atoms. The van der Waals surface area contributed by atoms with Gasteiger partial charge in [0.1, 0.15) is 0 Å². The minimum atomic E-state index is -0.253. The van der Waals surface area contributed by atoms with Gasteiger partial charge in [-0.3, -0.25) is 0 Å². The average Bonchev–Trinajstić information content (AvgIpc) is 2.84. The standard InChI is InChI=1S/C14H24N2O3/c1-4-11(18-13-7-5-6-8-17-13)14(2,3)10-9-12(15)19-16-10/h9,11,13H,4-8,15H2,1-3H3/t11-,13?/m1/s1. The molecule has 5 heteroatoms. The summed E-state index contributed by atoms with van der Waals surface area (Å²) < 4.78 is 16.8. The minimum Gasteiger partial charge on any atom is -0.368 e. The van der Waals surface area contributed by atoms with E-state index in [4.69, 9.17) is 19.7 Å². The van der Waals surface area contributed by atoms with Crippen LogP contribution in [-0.2, 0) is 14.9 Å². The molecule has 0 amide bonds. The molecule has 0 saturated carbocycles. The maximum atomic E-state index is 6.12. The Morgan fingerprint density at radius 1 is 1.53 bits per heavy atom. The predicted octanol–water partition coefficient (Wildman–Crippen LogP) is 2.86. The van der Waals surface area contributed by atoms with Gasteiger partial charge in [0, 0.05) is 18.1 Å². The fourth-order valence-electron chi connectivity index (χ4n) is 2.54. The number of nitrogen functional groups attached to an aromatic ring is 1. The molecule has 1 unspecified atom stereocenters. The number of nitrogens with zero attached hydrogens (tertiary/aromatic N) is 1. The van der Waals surface area contributed by atoms with Crippen molar-refractivity contribution in [1.82, 2.24) is 5.16 Å². The molecule has 0 aromatic carbocycles. The SMILES string of the molecule is CC[C@@H](OC1CCCCO1)C(C)(C)c1cc(N)on1. The molecule has 1 aliphatic rings. The Morgan fingerprint density at radius 2 is 2.32 bits per heavy atom. The Hall–Kier alpha value is -1.07. The molecule has 1 aliphatic heterocycles. The van der Waals surface area contributed by atoms with Crippen molar-refractivity contribution in [3.8, 4) is 0 Å². The van der Waals surface area contributed by atoms with Crippen molar-refractivity contribution < 1.29 is 14.0 Å². The van der Waals surface area contributed by atoms with Crippen LogP contribution in [0.5, 0.6) is 0 Å². The van der Waals surface area contributed by atoms with Gasteiger partial charge in [0.25, 0.3) is 0 Å². The van der Waals surface area contributed by atoms with Crippen molar-refractivity contribution in [1.29, 1.82) is 0 Å². The molecule has 0 bridgehead atoms. The summed E-state index contributed by atoms with van der Waals surface area (Å²) in [4.78, 5) is 0. The highest BCUT2D eigenvalue weighted by atomic mass is 16.7. The highest BCUT2D eigenvalue weighted by molar-refractivity contribution is 5.29. The highest BCUT2D eigenvalue weighted by Gasteiger charge is 2.36. The molecule has 1 aromatic heterocycles. The molecular formula is C14H24N2O3. The summed E-state index contributed by atoms with van der Waals surface area (Å²) in [5, 5.41) is 4.03. The molecule has 5 nitrogen and oxygen atoms in total. The zero-order valence-corrected chi connectivity index (χ0v) is 12.0. The lowest BCUT2D eigenvalue weighted by molar-refractivity contribution is -0.201. The van der Waals surface area contributed by atoms with Crippen LogP contribution in [0.1, 0.15) is 52.1 Å². The van der Waals surface area contributed by atoms with Gasteiger partial charge in [-0.1, -0.05) is 25.9 Å². The normalized spacial score (nSPS) is 22.4. The van der Waals surface area contributed by atoms with E-state index in [0.717, 1.165) is 31.6 Å². The topological polar surface area (TPSA) is 70.5 Å². The number of aromatic nitrogens is 1. The number of hydrogen-bond donors (Lipinski definition) is 1. The molecule has 0 aliphatic carbocycles. The van der Waals surface area contributed by atoms with Crippen molar-refractivity contribution in [2.75, 3.05) is 12.3 Å². The Balaban J connectivity index is 2.06. The second kappa shape index (κ2) is 5.92. The van der Waals surface area contributed by atoms with Gasteiger partial charge in [-0.2, -0.15) is 0 Å². The first-order chi connectivity index (χ1) is 9.04. The first kappa shape index (κ1) is 14.3. The van der Waals surface area contributed by atoms with Crippen molar-refractivity contribution in [2.24, 2.45) is 0 Å². The molecule has 1 saturated heterocycles. The third kappa shape index (κ3) is 3.28. The van der Waals surface area contributed by atoms with Gasteiger partial charge in [0.2, 0.25) is 5.88 Å². The molecule has 2 N–H and O–H groups in total. The summed E-state index contributed by atoms with van der Waals surface area (Å²) in [7, 11) is 0. The maximum Gasteiger partial charge on any atom is 0.222 e. The van der Waals surface area contributed by atoms with Crippen molar-refractivity contribution in [2.45, 2.75) is 64.3 Å². The summed E-state index contributed by atoms with van der Waals surface area (Å²) in [6.07, 6.45) is 4.08. The molecule has 2 heterocycles. The lowest BCUT2D eigenvalue weighted by Crippen LogP contribution is -2.40. The van der Waals surface area contributed by atoms with E-state index in [2.05, 4.69) is 25.9 Å². The zero-order valence-electron chi connectivity index (χ0n) is 12.0. The van der Waals surface area contributed by atoms with E-state index < -0.39 is 0 Å². The lowest BCUT2D eigenvalue weighted by atomic mass is 9.81. The smallest absolute Gasteiger partial charge is 0.222 e. The molecule has 1 aromatic rings. The molecule has 2 rings (SSSR count). The third-order valence-electron chi connectivity index (χ3n) is 3.82. The Labute approximate surface area is 114 Å². The number of nitrogens with two attached hydrogens (primary N) is 1. The number of anilines is 1. The summed E-state index contributed by atoms with van der Waals surface area (Å²) in [6, 6.07) is 1.77. The van der Waals surface area contributed by atoms with Gasteiger partial charge < -0.3 is 19.7 Å². The number of hydrogen-bond acceptors (Lipinski definition) is 5. The average molecular weight is 268 g/mol. The minimum absolute atomic E-state index is 0.0279. The van der Waals surface area contributed by atoms with Crippen molar-refractivity contribution in [3.63, 3.8) is 0 Å². The van der Waals surface area contributed by atoms with Crippen molar-refractivity contribution in [3.05, 3.63) is 11.8 Å². The third-order valence-corrected chi connectivity index (χ3v) is 3.82. The van der Waals surface area contributed by atoms with E-state index in [1.807, 2.05) is 0 Å².